The van der Waals surface area contributed by atoms with Gasteiger partial charge in [0.05, 0.1) is 14.2 Å². The molecule has 0 N–H and O–H groups in total. The molecule has 1 aromatic rings. The second-order valence-electron chi connectivity index (χ2n) is 2.61. The lowest BCUT2D eigenvalue weighted by molar-refractivity contribution is -0.139. The van der Waals surface area contributed by atoms with Crippen molar-refractivity contribution in [3.05, 3.63) is 41.7 Å². The minimum Gasteiger partial charge on any atom is -0.490 e. The Bertz CT molecular complexity index is 328. The van der Waals surface area contributed by atoms with Crippen LogP contribution in [0.4, 0.5) is 0 Å². The molecule has 14 heavy (non-hydrogen) atoms. The van der Waals surface area contributed by atoms with Gasteiger partial charge in [0.2, 0.25) is 5.76 Å². The summed E-state index contributed by atoms with van der Waals surface area (Å²) in [5, 5.41) is 0. The molecular weight excluding hydrogens is 180 g/mol. The zero-order valence-electron chi connectivity index (χ0n) is 8.19. The van der Waals surface area contributed by atoms with Gasteiger partial charge in [0.1, 0.15) is 0 Å². The first-order valence-electron chi connectivity index (χ1n) is 4.17. The minimum atomic E-state index is -0.476. The van der Waals surface area contributed by atoms with Crippen LogP contribution >= 0.6 is 0 Å². The summed E-state index contributed by atoms with van der Waals surface area (Å²) in [5.74, 6) is -0.282. The van der Waals surface area contributed by atoms with E-state index in [1.54, 1.807) is 6.08 Å². The first-order valence-corrected chi connectivity index (χ1v) is 4.17. The zero-order valence-corrected chi connectivity index (χ0v) is 8.19. The maximum Gasteiger partial charge on any atom is 0.373 e. The standard InChI is InChI=1S/C11H12O3/c1-13-10(11(12)14-2)8-9-6-4-3-5-7-9/h3-8H,1-2H3. The molecule has 3 nitrogen and oxygen atoms in total. The van der Waals surface area contributed by atoms with Crippen LogP contribution < -0.4 is 0 Å². The molecule has 0 unspecified atom stereocenters. The third-order valence-electron chi connectivity index (χ3n) is 1.70. The largest absolute Gasteiger partial charge is 0.490 e. The van der Waals surface area contributed by atoms with Gasteiger partial charge in [-0.15, -0.1) is 0 Å². The maximum absolute atomic E-state index is 11.1. The molecule has 0 aliphatic heterocycles. The van der Waals surface area contributed by atoms with Gasteiger partial charge in [-0.3, -0.25) is 0 Å². The number of esters is 1. The van der Waals surface area contributed by atoms with Crippen molar-refractivity contribution in [2.75, 3.05) is 14.2 Å². The molecule has 74 valence electrons. The molecule has 0 atom stereocenters. The average Bonchev–Trinajstić information content (AvgIpc) is 2.26. The Morgan fingerprint density at radius 2 is 1.79 bits per heavy atom. The van der Waals surface area contributed by atoms with Crippen molar-refractivity contribution in [2.24, 2.45) is 0 Å². The third-order valence-corrected chi connectivity index (χ3v) is 1.70. The van der Waals surface area contributed by atoms with Crippen LogP contribution in [0.25, 0.3) is 6.08 Å². The summed E-state index contributed by atoms with van der Waals surface area (Å²) in [4.78, 5) is 11.1. The monoisotopic (exact) mass is 192 g/mol. The van der Waals surface area contributed by atoms with E-state index in [9.17, 15) is 4.79 Å². The molecule has 0 heterocycles. The highest BCUT2D eigenvalue weighted by Crippen LogP contribution is 2.07. The molecule has 0 fully saturated rings. The molecule has 0 aliphatic carbocycles. The number of ether oxygens (including phenoxy) is 2. The van der Waals surface area contributed by atoms with Gasteiger partial charge in [-0.1, -0.05) is 30.3 Å². The lowest BCUT2D eigenvalue weighted by atomic mass is 10.2. The van der Waals surface area contributed by atoms with E-state index in [0.29, 0.717) is 0 Å². The van der Waals surface area contributed by atoms with E-state index in [-0.39, 0.29) is 5.76 Å². The van der Waals surface area contributed by atoms with Crippen LogP contribution in [-0.4, -0.2) is 20.2 Å². The maximum atomic E-state index is 11.1. The van der Waals surface area contributed by atoms with E-state index in [2.05, 4.69) is 4.74 Å². The van der Waals surface area contributed by atoms with E-state index < -0.39 is 5.97 Å². The molecular formula is C11H12O3. The lowest BCUT2D eigenvalue weighted by Crippen LogP contribution is -2.05. The third kappa shape index (κ3) is 2.62. The van der Waals surface area contributed by atoms with Gasteiger partial charge in [0, 0.05) is 0 Å². The summed E-state index contributed by atoms with van der Waals surface area (Å²) in [6.07, 6.45) is 1.63. The number of hydrogen-bond acceptors (Lipinski definition) is 3. The molecule has 0 radical (unpaired) electrons. The SMILES string of the molecule is COC(=O)C(=Cc1ccccc1)OC. The number of hydrogen-bond donors (Lipinski definition) is 0. The van der Waals surface area contributed by atoms with Gasteiger partial charge in [0.15, 0.2) is 0 Å². The summed E-state index contributed by atoms with van der Waals surface area (Å²) >= 11 is 0. The van der Waals surface area contributed by atoms with Crippen LogP contribution in [0.5, 0.6) is 0 Å². The van der Waals surface area contributed by atoms with Crippen LogP contribution in [0.15, 0.2) is 36.1 Å². The average molecular weight is 192 g/mol. The summed E-state index contributed by atoms with van der Waals surface area (Å²) < 4.78 is 9.44. The van der Waals surface area contributed by atoms with Crippen molar-refractivity contribution in [3.63, 3.8) is 0 Å². The van der Waals surface area contributed by atoms with Crippen molar-refractivity contribution >= 4 is 12.0 Å². The minimum absolute atomic E-state index is 0.193. The quantitative estimate of drug-likeness (QED) is 0.416. The molecule has 1 aromatic carbocycles. The van der Waals surface area contributed by atoms with Crippen LogP contribution in [-0.2, 0) is 14.3 Å². The van der Waals surface area contributed by atoms with Crippen LogP contribution in [0.2, 0.25) is 0 Å². The van der Waals surface area contributed by atoms with Crippen LogP contribution in [0.3, 0.4) is 0 Å². The highest BCUT2D eigenvalue weighted by Gasteiger charge is 2.08. The number of carbonyl (C=O) groups excluding carboxylic acids is 1. The summed E-state index contributed by atoms with van der Waals surface area (Å²) in [6.45, 7) is 0. The van der Waals surface area contributed by atoms with Crippen molar-refractivity contribution in [2.45, 2.75) is 0 Å². The highest BCUT2D eigenvalue weighted by molar-refractivity contribution is 5.91. The van der Waals surface area contributed by atoms with E-state index in [1.807, 2.05) is 30.3 Å². The Balaban J connectivity index is 2.89. The molecule has 0 amide bonds. The highest BCUT2D eigenvalue weighted by atomic mass is 16.6. The van der Waals surface area contributed by atoms with Gasteiger partial charge in [-0.2, -0.15) is 0 Å². The van der Waals surface area contributed by atoms with E-state index in [1.165, 1.54) is 14.2 Å². The number of methoxy groups -OCH3 is 2. The predicted molar refractivity (Wildman–Crippen MR) is 53.4 cm³/mol. The van der Waals surface area contributed by atoms with E-state index in [0.717, 1.165) is 5.56 Å². The second kappa shape index (κ2) is 5.07. The molecule has 0 bridgehead atoms. The Labute approximate surface area is 83.0 Å². The van der Waals surface area contributed by atoms with E-state index in [4.69, 9.17) is 4.74 Å². The number of carbonyl (C=O) groups is 1. The topological polar surface area (TPSA) is 35.5 Å². The van der Waals surface area contributed by atoms with Crippen molar-refractivity contribution in [1.29, 1.82) is 0 Å². The Hall–Kier alpha value is -1.77. The number of rotatable bonds is 3. The van der Waals surface area contributed by atoms with Crippen LogP contribution in [0.1, 0.15) is 5.56 Å². The fourth-order valence-corrected chi connectivity index (χ4v) is 1.00. The molecule has 1 rings (SSSR count). The lowest BCUT2D eigenvalue weighted by Gasteiger charge is -2.02. The first kappa shape index (κ1) is 10.3. The second-order valence-corrected chi connectivity index (χ2v) is 2.61. The van der Waals surface area contributed by atoms with Crippen molar-refractivity contribution in [3.8, 4) is 0 Å². The van der Waals surface area contributed by atoms with Crippen LogP contribution in [0, 0.1) is 0 Å². The Kier molecular flexibility index (Phi) is 3.73. The zero-order chi connectivity index (χ0) is 10.4. The molecule has 0 spiro atoms. The molecule has 0 saturated heterocycles. The van der Waals surface area contributed by atoms with Gasteiger partial charge in [-0.05, 0) is 11.6 Å². The Morgan fingerprint density at radius 3 is 2.29 bits per heavy atom. The Morgan fingerprint density at radius 1 is 1.14 bits per heavy atom. The van der Waals surface area contributed by atoms with Crippen molar-refractivity contribution in [1.82, 2.24) is 0 Å². The fourth-order valence-electron chi connectivity index (χ4n) is 1.00. The van der Waals surface area contributed by atoms with Gasteiger partial charge < -0.3 is 9.47 Å². The van der Waals surface area contributed by atoms with E-state index >= 15 is 0 Å². The summed E-state index contributed by atoms with van der Waals surface area (Å²) in [7, 11) is 2.76. The molecule has 0 aromatic heterocycles. The predicted octanol–water partition coefficient (Wildman–Crippen LogP) is 1.85. The summed E-state index contributed by atoms with van der Waals surface area (Å²) in [5.41, 5.74) is 0.898. The smallest absolute Gasteiger partial charge is 0.373 e. The summed E-state index contributed by atoms with van der Waals surface area (Å²) in [6, 6.07) is 9.43. The molecule has 0 aliphatic rings. The van der Waals surface area contributed by atoms with Gasteiger partial charge in [-0.25, -0.2) is 4.79 Å². The first-order chi connectivity index (χ1) is 6.77. The number of benzene rings is 1. The molecule has 0 saturated carbocycles. The van der Waals surface area contributed by atoms with Gasteiger partial charge >= 0.3 is 5.97 Å². The normalized spacial score (nSPS) is 10.9. The van der Waals surface area contributed by atoms with Gasteiger partial charge in [0.25, 0.3) is 0 Å². The molecule has 3 heteroatoms. The van der Waals surface area contributed by atoms with Crippen molar-refractivity contribution < 1.29 is 14.3 Å². The fraction of sp³-hybridized carbons (Fsp3) is 0.182.